The van der Waals surface area contributed by atoms with Crippen molar-refractivity contribution in [3.8, 4) is 0 Å². The third-order valence-corrected chi connectivity index (χ3v) is 4.96. The lowest BCUT2D eigenvalue weighted by Gasteiger charge is -2.18. The number of nitrogens with one attached hydrogen (secondary N) is 2. The average Bonchev–Trinajstić information content (AvgIpc) is 3.33. The van der Waals surface area contributed by atoms with Crippen LogP contribution in [-0.4, -0.2) is 15.5 Å². The molecule has 0 aliphatic carbocycles. The Morgan fingerprint density at radius 2 is 1.85 bits per heavy atom. The second kappa shape index (κ2) is 7.72. The van der Waals surface area contributed by atoms with Gasteiger partial charge in [-0.3, -0.25) is 4.79 Å². The highest BCUT2D eigenvalue weighted by molar-refractivity contribution is 6.30. The van der Waals surface area contributed by atoms with Gasteiger partial charge >= 0.3 is 0 Å². The van der Waals surface area contributed by atoms with Crippen molar-refractivity contribution in [1.29, 1.82) is 0 Å². The molecular formula is C22H20ClN3O. The van der Waals surface area contributed by atoms with Crippen molar-refractivity contribution in [2.45, 2.75) is 18.9 Å². The van der Waals surface area contributed by atoms with Gasteiger partial charge in [0, 0.05) is 53.7 Å². The highest BCUT2D eigenvalue weighted by Crippen LogP contribution is 2.25. The zero-order valence-corrected chi connectivity index (χ0v) is 15.5. The molecule has 0 saturated heterocycles. The van der Waals surface area contributed by atoms with E-state index in [0.717, 1.165) is 28.7 Å². The minimum absolute atomic E-state index is 0.00647. The summed E-state index contributed by atoms with van der Waals surface area (Å²) in [5.41, 5.74) is 2.91. The Morgan fingerprint density at radius 3 is 2.63 bits per heavy atom. The minimum Gasteiger partial charge on any atom is -0.361 e. The Kier molecular flexibility index (Phi) is 4.99. The SMILES string of the molecule is O=C(CC(Cn1cccc1)c1ccc(Cl)cc1)Nc1ccc2cc[nH]c2c1. The normalized spacial score (nSPS) is 12.2. The van der Waals surface area contributed by atoms with E-state index in [-0.39, 0.29) is 11.8 Å². The molecule has 4 rings (SSSR count). The van der Waals surface area contributed by atoms with Crippen LogP contribution in [0.2, 0.25) is 5.02 Å². The number of halogens is 1. The lowest BCUT2D eigenvalue weighted by Crippen LogP contribution is -2.18. The van der Waals surface area contributed by atoms with E-state index < -0.39 is 0 Å². The van der Waals surface area contributed by atoms with Crippen molar-refractivity contribution in [3.05, 3.63) is 89.8 Å². The highest BCUT2D eigenvalue weighted by Gasteiger charge is 2.17. The van der Waals surface area contributed by atoms with Crippen molar-refractivity contribution < 1.29 is 4.79 Å². The van der Waals surface area contributed by atoms with Crippen LogP contribution in [0.15, 0.2) is 79.3 Å². The Bertz CT molecular complexity index is 1040. The molecule has 1 atom stereocenters. The number of benzene rings is 2. The largest absolute Gasteiger partial charge is 0.361 e. The predicted molar refractivity (Wildman–Crippen MR) is 110 cm³/mol. The van der Waals surface area contributed by atoms with E-state index in [2.05, 4.69) is 14.9 Å². The summed E-state index contributed by atoms with van der Waals surface area (Å²) in [6.07, 6.45) is 6.31. The number of H-pyrrole nitrogens is 1. The first-order chi connectivity index (χ1) is 13.2. The molecule has 0 bridgehead atoms. The molecule has 2 aromatic heterocycles. The standard InChI is InChI=1S/C22H20ClN3O/c23-19-6-3-16(4-7-19)18(15-26-11-1-2-12-26)13-22(27)25-20-8-5-17-9-10-24-21(17)14-20/h1-12,14,18,24H,13,15H2,(H,25,27). The molecule has 4 aromatic rings. The van der Waals surface area contributed by atoms with Gasteiger partial charge in [-0.15, -0.1) is 0 Å². The first kappa shape index (κ1) is 17.4. The first-order valence-corrected chi connectivity index (χ1v) is 9.28. The van der Waals surface area contributed by atoms with E-state index in [0.29, 0.717) is 11.4 Å². The molecule has 27 heavy (non-hydrogen) atoms. The number of nitrogens with zero attached hydrogens (tertiary/aromatic N) is 1. The second-order valence-electron chi connectivity index (χ2n) is 6.66. The van der Waals surface area contributed by atoms with Gasteiger partial charge in [-0.05, 0) is 53.4 Å². The maximum atomic E-state index is 12.7. The first-order valence-electron chi connectivity index (χ1n) is 8.90. The van der Waals surface area contributed by atoms with Crippen LogP contribution in [0.4, 0.5) is 5.69 Å². The number of rotatable bonds is 6. The van der Waals surface area contributed by atoms with Gasteiger partial charge in [0.15, 0.2) is 0 Å². The average molecular weight is 378 g/mol. The topological polar surface area (TPSA) is 49.8 Å². The van der Waals surface area contributed by atoms with E-state index in [1.54, 1.807) is 0 Å². The zero-order valence-electron chi connectivity index (χ0n) is 14.7. The zero-order chi connectivity index (χ0) is 18.6. The maximum absolute atomic E-state index is 12.7. The Morgan fingerprint density at radius 1 is 1.07 bits per heavy atom. The summed E-state index contributed by atoms with van der Waals surface area (Å²) in [5, 5.41) is 4.84. The second-order valence-corrected chi connectivity index (χ2v) is 7.10. The number of aromatic amines is 1. The Labute approximate surface area is 162 Å². The van der Waals surface area contributed by atoms with E-state index >= 15 is 0 Å². The Balaban J connectivity index is 1.50. The molecular weight excluding hydrogens is 358 g/mol. The molecule has 0 spiro atoms. The molecule has 0 aliphatic heterocycles. The molecule has 1 amide bonds. The number of aromatic nitrogens is 2. The molecule has 0 saturated carbocycles. The van der Waals surface area contributed by atoms with Gasteiger partial charge in [-0.2, -0.15) is 0 Å². The fourth-order valence-corrected chi connectivity index (χ4v) is 3.46. The van der Waals surface area contributed by atoms with Crippen molar-refractivity contribution in [2.24, 2.45) is 0 Å². The summed E-state index contributed by atoms with van der Waals surface area (Å²) in [4.78, 5) is 15.9. The molecule has 2 heterocycles. The van der Waals surface area contributed by atoms with Crippen LogP contribution < -0.4 is 5.32 Å². The van der Waals surface area contributed by atoms with Crippen LogP contribution in [0, 0.1) is 0 Å². The smallest absolute Gasteiger partial charge is 0.225 e. The number of anilines is 1. The molecule has 5 heteroatoms. The molecule has 0 fully saturated rings. The van der Waals surface area contributed by atoms with Crippen molar-refractivity contribution in [1.82, 2.24) is 9.55 Å². The minimum atomic E-state index is -0.00647. The fourth-order valence-electron chi connectivity index (χ4n) is 3.33. The fraction of sp³-hybridized carbons (Fsp3) is 0.136. The third-order valence-electron chi connectivity index (χ3n) is 4.71. The van der Waals surface area contributed by atoms with Gasteiger partial charge in [0.2, 0.25) is 5.91 Å². The van der Waals surface area contributed by atoms with Gasteiger partial charge < -0.3 is 14.9 Å². The van der Waals surface area contributed by atoms with Gasteiger partial charge in [-0.1, -0.05) is 29.8 Å². The molecule has 0 radical (unpaired) electrons. The van der Waals surface area contributed by atoms with E-state index in [4.69, 9.17) is 11.6 Å². The molecule has 136 valence electrons. The maximum Gasteiger partial charge on any atom is 0.225 e. The number of hydrogen-bond donors (Lipinski definition) is 2. The van der Waals surface area contributed by atoms with Crippen LogP contribution in [0.3, 0.4) is 0 Å². The van der Waals surface area contributed by atoms with Gasteiger partial charge in [0.25, 0.3) is 0 Å². The van der Waals surface area contributed by atoms with Crippen molar-refractivity contribution >= 4 is 34.1 Å². The third kappa shape index (κ3) is 4.23. The van der Waals surface area contributed by atoms with Gasteiger partial charge in [0.05, 0.1) is 0 Å². The summed E-state index contributed by atoms with van der Waals surface area (Å²) in [7, 11) is 0. The summed E-state index contributed by atoms with van der Waals surface area (Å²) >= 11 is 6.02. The van der Waals surface area contributed by atoms with E-state index in [1.165, 1.54) is 0 Å². The highest BCUT2D eigenvalue weighted by atomic mass is 35.5. The van der Waals surface area contributed by atoms with Gasteiger partial charge in [0.1, 0.15) is 0 Å². The van der Waals surface area contributed by atoms with Crippen LogP contribution >= 0.6 is 11.6 Å². The molecule has 4 nitrogen and oxygen atoms in total. The lowest BCUT2D eigenvalue weighted by molar-refractivity contribution is -0.116. The van der Waals surface area contributed by atoms with Gasteiger partial charge in [-0.25, -0.2) is 0 Å². The number of carbonyl (C=O) groups excluding carboxylic acids is 1. The van der Waals surface area contributed by atoms with E-state index in [1.807, 2.05) is 79.3 Å². The van der Waals surface area contributed by atoms with Crippen LogP contribution in [0.1, 0.15) is 17.9 Å². The number of amides is 1. The molecule has 2 N–H and O–H groups in total. The van der Waals surface area contributed by atoms with Crippen LogP contribution in [0.5, 0.6) is 0 Å². The summed E-state index contributed by atoms with van der Waals surface area (Å²) in [6, 6.07) is 19.6. The predicted octanol–water partition coefficient (Wildman–Crippen LogP) is 5.44. The molecule has 0 aliphatic rings. The van der Waals surface area contributed by atoms with Crippen LogP contribution in [0.25, 0.3) is 10.9 Å². The summed E-state index contributed by atoms with van der Waals surface area (Å²) in [6.45, 7) is 0.734. The molecule has 2 aromatic carbocycles. The lowest BCUT2D eigenvalue weighted by atomic mass is 9.95. The summed E-state index contributed by atoms with van der Waals surface area (Å²) in [5.74, 6) is 0.0527. The van der Waals surface area contributed by atoms with Crippen LogP contribution in [-0.2, 0) is 11.3 Å². The van der Waals surface area contributed by atoms with Crippen molar-refractivity contribution in [3.63, 3.8) is 0 Å². The number of hydrogen-bond acceptors (Lipinski definition) is 1. The number of carbonyl (C=O) groups is 1. The quantitative estimate of drug-likeness (QED) is 0.462. The molecule has 1 unspecified atom stereocenters. The Hall–Kier alpha value is -2.98. The van der Waals surface area contributed by atoms with E-state index in [9.17, 15) is 4.79 Å². The monoisotopic (exact) mass is 377 g/mol. The van der Waals surface area contributed by atoms with Crippen molar-refractivity contribution in [2.75, 3.05) is 5.32 Å². The summed E-state index contributed by atoms with van der Waals surface area (Å²) < 4.78 is 2.09. The number of fused-ring (bicyclic) bond motifs is 1.